The SMILES string of the molecule is CCCC(C(=O)NC=O)N1Cc2ccc(C)cc2C1=O. The lowest BCUT2D eigenvalue weighted by Gasteiger charge is -2.25. The lowest BCUT2D eigenvalue weighted by Crippen LogP contribution is -2.46. The van der Waals surface area contributed by atoms with Gasteiger partial charge in [0.15, 0.2) is 0 Å². The molecule has 1 aromatic rings. The minimum atomic E-state index is -0.592. The van der Waals surface area contributed by atoms with Gasteiger partial charge in [-0.25, -0.2) is 0 Å². The molecule has 20 heavy (non-hydrogen) atoms. The van der Waals surface area contributed by atoms with E-state index in [1.54, 1.807) is 4.90 Å². The van der Waals surface area contributed by atoms with Crippen LogP contribution in [-0.4, -0.2) is 29.2 Å². The maximum Gasteiger partial charge on any atom is 0.255 e. The Morgan fingerprint density at radius 2 is 2.25 bits per heavy atom. The van der Waals surface area contributed by atoms with E-state index < -0.39 is 11.9 Å². The number of benzene rings is 1. The topological polar surface area (TPSA) is 66.5 Å². The summed E-state index contributed by atoms with van der Waals surface area (Å²) < 4.78 is 0. The molecular weight excluding hydrogens is 256 g/mol. The maximum atomic E-state index is 12.4. The van der Waals surface area contributed by atoms with Crippen LogP contribution in [0.3, 0.4) is 0 Å². The molecule has 1 N–H and O–H groups in total. The monoisotopic (exact) mass is 274 g/mol. The summed E-state index contributed by atoms with van der Waals surface area (Å²) in [6.45, 7) is 4.29. The Morgan fingerprint density at radius 1 is 1.50 bits per heavy atom. The second-order valence-electron chi connectivity index (χ2n) is 5.02. The van der Waals surface area contributed by atoms with E-state index in [9.17, 15) is 14.4 Å². The zero-order chi connectivity index (χ0) is 14.7. The number of carbonyl (C=O) groups excluding carboxylic acids is 3. The highest BCUT2D eigenvalue weighted by Gasteiger charge is 2.35. The fourth-order valence-corrected chi connectivity index (χ4v) is 2.55. The van der Waals surface area contributed by atoms with Crippen molar-refractivity contribution in [2.75, 3.05) is 0 Å². The number of hydrogen-bond donors (Lipinski definition) is 1. The first-order chi connectivity index (χ1) is 9.58. The molecule has 5 nitrogen and oxygen atoms in total. The van der Waals surface area contributed by atoms with Crippen LogP contribution in [0.2, 0.25) is 0 Å². The largest absolute Gasteiger partial charge is 0.322 e. The van der Waals surface area contributed by atoms with Crippen LogP contribution in [0.25, 0.3) is 0 Å². The van der Waals surface area contributed by atoms with E-state index in [-0.39, 0.29) is 5.91 Å². The van der Waals surface area contributed by atoms with E-state index in [0.717, 1.165) is 17.5 Å². The molecule has 0 aromatic heterocycles. The first-order valence-corrected chi connectivity index (χ1v) is 6.73. The smallest absolute Gasteiger partial charge is 0.255 e. The van der Waals surface area contributed by atoms with Gasteiger partial charge in [0.2, 0.25) is 12.3 Å². The molecule has 0 fully saturated rings. The van der Waals surface area contributed by atoms with Gasteiger partial charge in [-0.3, -0.25) is 19.7 Å². The molecule has 0 aliphatic carbocycles. The first kappa shape index (κ1) is 14.2. The molecule has 0 saturated heterocycles. The van der Waals surface area contributed by atoms with E-state index in [1.165, 1.54) is 0 Å². The van der Waals surface area contributed by atoms with Gasteiger partial charge < -0.3 is 4.90 Å². The minimum absolute atomic E-state index is 0.136. The van der Waals surface area contributed by atoms with Crippen molar-refractivity contribution in [3.63, 3.8) is 0 Å². The van der Waals surface area contributed by atoms with Crippen LogP contribution < -0.4 is 5.32 Å². The van der Waals surface area contributed by atoms with Crippen molar-refractivity contribution in [3.8, 4) is 0 Å². The molecule has 1 atom stereocenters. The molecule has 1 unspecified atom stereocenters. The van der Waals surface area contributed by atoms with Crippen LogP contribution in [0, 0.1) is 6.92 Å². The first-order valence-electron chi connectivity index (χ1n) is 6.73. The van der Waals surface area contributed by atoms with Crippen LogP contribution in [0.5, 0.6) is 0 Å². The van der Waals surface area contributed by atoms with Crippen LogP contribution in [-0.2, 0) is 16.1 Å². The van der Waals surface area contributed by atoms with E-state index >= 15 is 0 Å². The molecule has 0 spiro atoms. The van der Waals surface area contributed by atoms with Crippen molar-refractivity contribution in [1.82, 2.24) is 10.2 Å². The molecule has 3 amide bonds. The number of amides is 3. The summed E-state index contributed by atoms with van der Waals surface area (Å²) in [6.07, 6.45) is 1.66. The summed E-state index contributed by atoms with van der Waals surface area (Å²) in [5, 5.41) is 2.15. The second kappa shape index (κ2) is 5.86. The number of fused-ring (bicyclic) bond motifs is 1. The van der Waals surface area contributed by atoms with Crippen molar-refractivity contribution >= 4 is 18.2 Å². The molecule has 0 saturated carbocycles. The number of nitrogens with zero attached hydrogens (tertiary/aromatic N) is 1. The van der Waals surface area contributed by atoms with Gasteiger partial charge in [0.05, 0.1) is 0 Å². The van der Waals surface area contributed by atoms with E-state index in [0.29, 0.717) is 24.9 Å². The fraction of sp³-hybridized carbons (Fsp3) is 0.400. The summed E-state index contributed by atoms with van der Waals surface area (Å²) in [6, 6.07) is 5.13. The molecule has 1 aliphatic heterocycles. The number of aryl methyl sites for hydroxylation is 1. The van der Waals surface area contributed by atoms with Gasteiger partial charge in [-0.1, -0.05) is 31.0 Å². The Morgan fingerprint density at radius 3 is 2.90 bits per heavy atom. The lowest BCUT2D eigenvalue weighted by molar-refractivity contribution is -0.129. The van der Waals surface area contributed by atoms with Crippen LogP contribution in [0.1, 0.15) is 41.3 Å². The highest BCUT2D eigenvalue weighted by atomic mass is 16.2. The number of imide groups is 1. The van der Waals surface area contributed by atoms with Gasteiger partial charge in [0, 0.05) is 12.1 Å². The third-order valence-electron chi connectivity index (χ3n) is 3.54. The fourth-order valence-electron chi connectivity index (χ4n) is 2.55. The minimum Gasteiger partial charge on any atom is -0.322 e. The van der Waals surface area contributed by atoms with Crippen molar-refractivity contribution in [2.24, 2.45) is 0 Å². The van der Waals surface area contributed by atoms with Gasteiger partial charge in [-0.05, 0) is 25.0 Å². The number of rotatable bonds is 5. The van der Waals surface area contributed by atoms with Crippen molar-refractivity contribution in [3.05, 3.63) is 34.9 Å². The van der Waals surface area contributed by atoms with Gasteiger partial charge in [0.1, 0.15) is 6.04 Å². The Balaban J connectivity index is 2.27. The summed E-state index contributed by atoms with van der Waals surface area (Å²) in [4.78, 5) is 36.4. The average Bonchev–Trinajstić information content (AvgIpc) is 2.73. The third kappa shape index (κ3) is 2.57. The van der Waals surface area contributed by atoms with Crippen LogP contribution in [0.4, 0.5) is 0 Å². The average molecular weight is 274 g/mol. The molecular formula is C15H18N2O3. The predicted octanol–water partition coefficient (Wildman–Crippen LogP) is 1.39. The Kier molecular flexibility index (Phi) is 4.17. The van der Waals surface area contributed by atoms with Gasteiger partial charge >= 0.3 is 0 Å². The second-order valence-corrected chi connectivity index (χ2v) is 5.02. The summed E-state index contributed by atoms with van der Waals surface area (Å²) >= 11 is 0. The maximum absolute atomic E-state index is 12.4. The van der Waals surface area contributed by atoms with E-state index in [4.69, 9.17) is 0 Å². The Hall–Kier alpha value is -2.17. The molecule has 0 radical (unpaired) electrons. The molecule has 0 bridgehead atoms. The van der Waals surface area contributed by atoms with Crippen molar-refractivity contribution in [2.45, 2.75) is 39.3 Å². The molecule has 5 heteroatoms. The lowest BCUT2D eigenvalue weighted by atomic mass is 10.1. The molecule has 2 rings (SSSR count). The van der Waals surface area contributed by atoms with Crippen molar-refractivity contribution in [1.29, 1.82) is 0 Å². The predicted molar refractivity (Wildman–Crippen MR) is 74.0 cm³/mol. The normalized spacial score (nSPS) is 14.9. The van der Waals surface area contributed by atoms with E-state index in [1.807, 2.05) is 32.0 Å². The third-order valence-corrected chi connectivity index (χ3v) is 3.54. The highest BCUT2D eigenvalue weighted by molar-refractivity contribution is 6.02. The van der Waals surface area contributed by atoms with Gasteiger partial charge in [-0.15, -0.1) is 0 Å². The highest BCUT2D eigenvalue weighted by Crippen LogP contribution is 2.27. The van der Waals surface area contributed by atoms with E-state index in [2.05, 4.69) is 5.32 Å². The molecule has 1 aromatic carbocycles. The number of nitrogens with one attached hydrogen (secondary N) is 1. The Labute approximate surface area is 118 Å². The number of carbonyl (C=O) groups is 3. The van der Waals surface area contributed by atoms with Gasteiger partial charge in [-0.2, -0.15) is 0 Å². The summed E-state index contributed by atoms with van der Waals surface area (Å²) in [7, 11) is 0. The van der Waals surface area contributed by atoms with Crippen molar-refractivity contribution < 1.29 is 14.4 Å². The van der Waals surface area contributed by atoms with Crippen LogP contribution in [0.15, 0.2) is 18.2 Å². The zero-order valence-corrected chi connectivity index (χ0v) is 11.7. The summed E-state index contributed by atoms with van der Waals surface area (Å²) in [5.41, 5.74) is 2.61. The van der Waals surface area contributed by atoms with Crippen LogP contribution >= 0.6 is 0 Å². The molecule has 106 valence electrons. The molecule has 1 heterocycles. The standard InChI is InChI=1S/C15H18N2O3/c1-3-4-13(14(19)16-9-18)17-8-11-6-5-10(2)7-12(11)15(17)20/h5-7,9,13H,3-4,8H2,1-2H3,(H,16,18,19). The molecule has 1 aliphatic rings. The van der Waals surface area contributed by atoms with Gasteiger partial charge in [0.25, 0.3) is 5.91 Å². The quantitative estimate of drug-likeness (QED) is 0.825. The number of hydrogen-bond acceptors (Lipinski definition) is 3. The summed E-state index contributed by atoms with van der Waals surface area (Å²) in [5.74, 6) is -0.553. The zero-order valence-electron chi connectivity index (χ0n) is 11.7. The Bertz CT molecular complexity index is 554.